The molecular weight excluding hydrogens is 567 g/mol. The van der Waals surface area contributed by atoms with Gasteiger partial charge in [0.2, 0.25) is 0 Å². The van der Waals surface area contributed by atoms with Crippen LogP contribution in [0.5, 0.6) is 0 Å². The third-order valence-electron chi connectivity index (χ3n) is 9.58. The van der Waals surface area contributed by atoms with Crippen LogP contribution in [0.1, 0.15) is 218 Å². The van der Waals surface area contributed by atoms with Crippen molar-refractivity contribution < 1.29 is 31.8 Å². The SMILES string of the molecule is CCCCCCCCCCCCCCCCCc1cccc(S(=O)(=O)[O-])c1CCCCCCCCCCCCCCCCC.[Li+]. The fraction of sp³-hybridized carbons (Fsp3) is 0.850. The molecule has 0 spiro atoms. The monoisotopic (exact) mass is 641 g/mol. The molecule has 1 aromatic carbocycles. The summed E-state index contributed by atoms with van der Waals surface area (Å²) in [6.07, 6.45) is 41.5. The third-order valence-corrected chi connectivity index (χ3v) is 10.5. The Balaban J connectivity index is 0.0000194. The topological polar surface area (TPSA) is 57.2 Å². The van der Waals surface area contributed by atoms with E-state index in [0.29, 0.717) is 6.42 Å². The van der Waals surface area contributed by atoms with E-state index in [9.17, 15) is 13.0 Å². The summed E-state index contributed by atoms with van der Waals surface area (Å²) < 4.78 is 36.1. The Kier molecular flexibility index (Phi) is 32.1. The summed E-state index contributed by atoms with van der Waals surface area (Å²) in [5, 5.41) is 0. The second-order valence-corrected chi connectivity index (χ2v) is 15.1. The maximum atomic E-state index is 12.0. The first-order chi connectivity index (χ1) is 21.5. The van der Waals surface area contributed by atoms with Gasteiger partial charge in [0.25, 0.3) is 0 Å². The summed E-state index contributed by atoms with van der Waals surface area (Å²) in [6.45, 7) is 4.56. The van der Waals surface area contributed by atoms with Crippen LogP contribution in [-0.2, 0) is 23.0 Å². The van der Waals surface area contributed by atoms with Crippen molar-refractivity contribution in [3.05, 3.63) is 29.3 Å². The summed E-state index contributed by atoms with van der Waals surface area (Å²) >= 11 is 0. The molecule has 0 atom stereocenters. The second kappa shape index (κ2) is 32.3. The number of hydrogen-bond donors (Lipinski definition) is 0. The summed E-state index contributed by atoms with van der Waals surface area (Å²) in [7, 11) is -4.44. The van der Waals surface area contributed by atoms with Crippen molar-refractivity contribution in [1.29, 1.82) is 0 Å². The van der Waals surface area contributed by atoms with Crippen molar-refractivity contribution in [2.45, 2.75) is 224 Å². The maximum absolute atomic E-state index is 12.0. The first-order valence-corrected chi connectivity index (χ1v) is 21.0. The molecule has 0 aliphatic carbocycles. The molecule has 5 heteroatoms. The molecule has 0 radical (unpaired) electrons. The Hall–Kier alpha value is -0.273. The van der Waals surface area contributed by atoms with Gasteiger partial charge >= 0.3 is 18.9 Å². The van der Waals surface area contributed by atoms with Gasteiger partial charge in [0.05, 0.1) is 4.90 Å². The first-order valence-electron chi connectivity index (χ1n) is 19.6. The van der Waals surface area contributed by atoms with E-state index in [1.807, 2.05) is 0 Å². The average molecular weight is 641 g/mol. The first kappa shape index (κ1) is 44.7. The molecule has 0 heterocycles. The van der Waals surface area contributed by atoms with Crippen LogP contribution in [0.2, 0.25) is 0 Å². The minimum Gasteiger partial charge on any atom is -0.744 e. The van der Waals surface area contributed by atoms with Gasteiger partial charge in [-0.05, 0) is 42.9 Å². The molecule has 0 unspecified atom stereocenters. The summed E-state index contributed by atoms with van der Waals surface area (Å²) in [5.41, 5.74) is 1.89. The maximum Gasteiger partial charge on any atom is 1.00 e. The standard InChI is InChI=1S/C40H74O3S.Li/c1-3-5-7-9-11-13-15-17-19-21-23-25-27-29-31-34-38-35-33-37-40(44(41,42)43)39(38)36-32-30-28-26-24-22-20-18-16-14-12-10-8-6-4-2;/h33,35,37H,3-32,34,36H2,1-2H3,(H,41,42,43);/q;+1/p-1. The van der Waals surface area contributed by atoms with E-state index in [2.05, 4.69) is 19.9 Å². The van der Waals surface area contributed by atoms with Crippen molar-refractivity contribution in [1.82, 2.24) is 0 Å². The van der Waals surface area contributed by atoms with Crippen molar-refractivity contribution >= 4 is 10.1 Å². The molecule has 258 valence electrons. The molecule has 0 aromatic heterocycles. The van der Waals surface area contributed by atoms with Gasteiger partial charge in [0, 0.05) is 0 Å². The largest absolute Gasteiger partial charge is 1.00 e. The van der Waals surface area contributed by atoms with Crippen LogP contribution in [0, 0.1) is 0 Å². The zero-order valence-corrected chi connectivity index (χ0v) is 31.3. The number of benzene rings is 1. The molecule has 0 amide bonds. The van der Waals surface area contributed by atoms with E-state index in [1.54, 1.807) is 6.07 Å². The van der Waals surface area contributed by atoms with Crippen LogP contribution in [-0.4, -0.2) is 13.0 Å². The van der Waals surface area contributed by atoms with Gasteiger partial charge in [-0.1, -0.05) is 206 Å². The molecule has 0 aliphatic heterocycles. The summed E-state index contributed by atoms with van der Waals surface area (Å²) in [5.74, 6) is 0. The van der Waals surface area contributed by atoms with E-state index in [0.717, 1.165) is 36.8 Å². The van der Waals surface area contributed by atoms with E-state index >= 15 is 0 Å². The molecule has 1 aromatic rings. The van der Waals surface area contributed by atoms with Crippen molar-refractivity contribution in [2.75, 3.05) is 0 Å². The Morgan fingerprint density at radius 2 is 0.733 bits per heavy atom. The van der Waals surface area contributed by atoms with Crippen LogP contribution >= 0.6 is 0 Å². The van der Waals surface area contributed by atoms with Crippen LogP contribution in [0.4, 0.5) is 0 Å². The number of rotatable bonds is 33. The van der Waals surface area contributed by atoms with E-state index in [1.165, 1.54) is 179 Å². The Morgan fingerprint density at radius 3 is 1.04 bits per heavy atom. The molecule has 0 aliphatic rings. The van der Waals surface area contributed by atoms with Gasteiger partial charge in [0.1, 0.15) is 10.1 Å². The predicted molar refractivity (Wildman–Crippen MR) is 192 cm³/mol. The minimum atomic E-state index is -4.44. The van der Waals surface area contributed by atoms with Gasteiger partial charge in [-0.3, -0.25) is 0 Å². The second-order valence-electron chi connectivity index (χ2n) is 13.7. The van der Waals surface area contributed by atoms with E-state index in [4.69, 9.17) is 0 Å². The number of aryl methyl sites for hydroxylation is 1. The molecule has 3 nitrogen and oxygen atoms in total. The molecule has 0 fully saturated rings. The zero-order chi connectivity index (χ0) is 32.0. The van der Waals surface area contributed by atoms with Crippen LogP contribution in [0.15, 0.2) is 23.1 Å². The molecule has 0 saturated heterocycles. The van der Waals surface area contributed by atoms with Crippen molar-refractivity contribution in [3.63, 3.8) is 0 Å². The third kappa shape index (κ3) is 26.4. The number of hydrogen-bond acceptors (Lipinski definition) is 3. The molecule has 1 rings (SSSR count). The Labute approximate surface area is 294 Å². The van der Waals surface area contributed by atoms with Crippen LogP contribution < -0.4 is 18.9 Å². The minimum absolute atomic E-state index is 0. The fourth-order valence-electron chi connectivity index (χ4n) is 6.72. The molecular formula is C40H73LiO3S. The van der Waals surface area contributed by atoms with Crippen LogP contribution in [0.3, 0.4) is 0 Å². The van der Waals surface area contributed by atoms with Gasteiger partial charge < -0.3 is 4.55 Å². The summed E-state index contributed by atoms with van der Waals surface area (Å²) in [4.78, 5) is 0.0290. The predicted octanol–water partition coefficient (Wildman–Crippen LogP) is 10.4. The average Bonchev–Trinajstić information content (AvgIpc) is 3.00. The number of unbranched alkanes of at least 4 members (excludes halogenated alkanes) is 28. The van der Waals surface area contributed by atoms with E-state index in [-0.39, 0.29) is 23.8 Å². The molecule has 0 saturated carbocycles. The Morgan fingerprint density at radius 1 is 0.444 bits per heavy atom. The quantitative estimate of drug-likeness (QED) is 0.0436. The molecule has 0 N–H and O–H groups in total. The van der Waals surface area contributed by atoms with Crippen LogP contribution in [0.25, 0.3) is 0 Å². The molecule has 45 heavy (non-hydrogen) atoms. The van der Waals surface area contributed by atoms with Gasteiger partial charge in [-0.2, -0.15) is 0 Å². The van der Waals surface area contributed by atoms with E-state index < -0.39 is 10.1 Å². The van der Waals surface area contributed by atoms with Gasteiger partial charge in [-0.25, -0.2) is 8.42 Å². The van der Waals surface area contributed by atoms with Gasteiger partial charge in [0.15, 0.2) is 0 Å². The smallest absolute Gasteiger partial charge is 0.744 e. The van der Waals surface area contributed by atoms with Crippen molar-refractivity contribution in [3.8, 4) is 0 Å². The van der Waals surface area contributed by atoms with Gasteiger partial charge in [-0.15, -0.1) is 0 Å². The Bertz CT molecular complexity index is 870. The zero-order valence-electron chi connectivity index (χ0n) is 30.5. The fourth-order valence-corrected chi connectivity index (χ4v) is 7.50. The molecule has 0 bridgehead atoms. The van der Waals surface area contributed by atoms with Crippen molar-refractivity contribution in [2.24, 2.45) is 0 Å². The summed E-state index contributed by atoms with van der Waals surface area (Å²) in [6, 6.07) is 5.35. The normalized spacial score (nSPS) is 11.6.